The fourth-order valence-corrected chi connectivity index (χ4v) is 3.31. The van der Waals surface area contributed by atoms with Crippen LogP contribution in [0.3, 0.4) is 0 Å². The highest BCUT2D eigenvalue weighted by molar-refractivity contribution is 7.92. The number of rotatable bonds is 6. The van der Waals surface area contributed by atoms with Crippen molar-refractivity contribution in [2.24, 2.45) is 0 Å². The number of carbonyl (C=O) groups excluding carboxylic acids is 1. The minimum atomic E-state index is -4.19. The summed E-state index contributed by atoms with van der Waals surface area (Å²) < 4.78 is 32.5. The maximum absolute atomic E-state index is 12.6. The first-order valence-electron chi connectivity index (χ1n) is 7.06. The number of methoxy groups -OCH3 is 1. The zero-order chi connectivity index (χ0) is 19.5. The van der Waals surface area contributed by atoms with Crippen molar-refractivity contribution in [3.63, 3.8) is 0 Å². The molecule has 0 radical (unpaired) electrons. The molecule has 0 saturated carbocycles. The number of amides is 1. The molecule has 1 amide bonds. The molecule has 2 rings (SSSR count). The van der Waals surface area contributed by atoms with Crippen molar-refractivity contribution in [1.29, 1.82) is 0 Å². The first-order valence-corrected chi connectivity index (χ1v) is 8.92. The van der Waals surface area contributed by atoms with Crippen molar-refractivity contribution in [1.82, 2.24) is 0 Å². The van der Waals surface area contributed by atoms with Gasteiger partial charge in [0.1, 0.15) is 10.8 Å². The smallest absolute Gasteiger partial charge is 0.289 e. The van der Waals surface area contributed by atoms with Gasteiger partial charge in [-0.15, -0.1) is 0 Å². The van der Waals surface area contributed by atoms with Gasteiger partial charge in [0.2, 0.25) is 5.91 Å². The van der Waals surface area contributed by atoms with Crippen LogP contribution in [-0.4, -0.2) is 26.4 Å². The molecule has 0 spiro atoms. The van der Waals surface area contributed by atoms with Gasteiger partial charge in [0.05, 0.1) is 28.3 Å². The Bertz CT molecular complexity index is 977. The van der Waals surface area contributed by atoms with E-state index >= 15 is 0 Å². The third-order valence-electron chi connectivity index (χ3n) is 3.21. The quantitative estimate of drug-likeness (QED) is 0.567. The highest BCUT2D eigenvalue weighted by Crippen LogP contribution is 2.31. The summed E-state index contributed by atoms with van der Waals surface area (Å²) in [5, 5.41) is 13.3. The van der Waals surface area contributed by atoms with Crippen molar-refractivity contribution >= 4 is 44.6 Å². The molecule has 0 aliphatic rings. The molecule has 0 bridgehead atoms. The van der Waals surface area contributed by atoms with E-state index in [1.54, 1.807) is 0 Å². The summed E-state index contributed by atoms with van der Waals surface area (Å²) >= 11 is 5.70. The molecule has 0 aliphatic heterocycles. The molecular weight excluding hydrogens is 386 g/mol. The summed E-state index contributed by atoms with van der Waals surface area (Å²) in [6.45, 7) is 1.27. The lowest BCUT2D eigenvalue weighted by Gasteiger charge is -2.14. The average Bonchev–Trinajstić information content (AvgIpc) is 2.55. The van der Waals surface area contributed by atoms with Crippen molar-refractivity contribution in [2.75, 3.05) is 17.1 Å². The number of nitro groups is 1. The molecule has 26 heavy (non-hydrogen) atoms. The number of hydrogen-bond acceptors (Lipinski definition) is 6. The van der Waals surface area contributed by atoms with Gasteiger partial charge in [-0.25, -0.2) is 8.42 Å². The van der Waals surface area contributed by atoms with E-state index in [9.17, 15) is 23.3 Å². The molecule has 138 valence electrons. The van der Waals surface area contributed by atoms with Crippen LogP contribution < -0.4 is 14.8 Å². The van der Waals surface area contributed by atoms with E-state index in [4.69, 9.17) is 16.3 Å². The van der Waals surface area contributed by atoms with E-state index in [1.807, 2.05) is 0 Å². The van der Waals surface area contributed by atoms with Crippen LogP contribution in [0, 0.1) is 10.1 Å². The number of sulfonamides is 1. The van der Waals surface area contributed by atoms with Gasteiger partial charge >= 0.3 is 0 Å². The number of benzene rings is 2. The number of nitrogens with zero attached hydrogens (tertiary/aromatic N) is 1. The summed E-state index contributed by atoms with van der Waals surface area (Å²) in [4.78, 5) is 21.1. The van der Waals surface area contributed by atoms with Gasteiger partial charge < -0.3 is 10.1 Å². The molecule has 11 heteroatoms. The predicted octanol–water partition coefficient (Wildman–Crippen LogP) is 3.02. The summed E-state index contributed by atoms with van der Waals surface area (Å²) in [6.07, 6.45) is 0. The number of hydrogen-bond donors (Lipinski definition) is 2. The van der Waals surface area contributed by atoms with Crippen LogP contribution in [0.2, 0.25) is 5.02 Å². The Morgan fingerprint density at radius 1 is 1.19 bits per heavy atom. The molecule has 0 unspecified atom stereocenters. The highest BCUT2D eigenvalue weighted by atomic mass is 35.5. The van der Waals surface area contributed by atoms with Crippen LogP contribution in [0.1, 0.15) is 6.92 Å². The molecule has 2 aromatic carbocycles. The summed E-state index contributed by atoms with van der Waals surface area (Å²) in [5.74, 6) is -0.0587. The lowest BCUT2D eigenvalue weighted by atomic mass is 10.2. The van der Waals surface area contributed by atoms with Gasteiger partial charge in [0, 0.05) is 19.1 Å². The third kappa shape index (κ3) is 4.41. The topological polar surface area (TPSA) is 128 Å². The minimum absolute atomic E-state index is 0.0390. The normalized spacial score (nSPS) is 10.9. The second-order valence-electron chi connectivity index (χ2n) is 5.07. The molecular formula is C15H14ClN3O6S. The Kier molecular flexibility index (Phi) is 5.68. The van der Waals surface area contributed by atoms with Gasteiger partial charge in [-0.2, -0.15) is 0 Å². The lowest BCUT2D eigenvalue weighted by Crippen LogP contribution is -2.16. The number of nitrogens with one attached hydrogen (secondary N) is 2. The van der Waals surface area contributed by atoms with Crippen molar-refractivity contribution < 1.29 is 22.9 Å². The molecule has 0 atom stereocenters. The summed E-state index contributed by atoms with van der Waals surface area (Å²) in [6, 6.07) is 7.47. The molecule has 0 aromatic heterocycles. The van der Waals surface area contributed by atoms with E-state index in [0.717, 1.165) is 18.2 Å². The van der Waals surface area contributed by atoms with Crippen LogP contribution in [0.25, 0.3) is 0 Å². The van der Waals surface area contributed by atoms with E-state index in [2.05, 4.69) is 10.0 Å². The van der Waals surface area contributed by atoms with Gasteiger partial charge in [0.15, 0.2) is 0 Å². The second-order valence-corrected chi connectivity index (χ2v) is 7.16. The van der Waals surface area contributed by atoms with Crippen molar-refractivity contribution in [2.45, 2.75) is 11.8 Å². The lowest BCUT2D eigenvalue weighted by molar-refractivity contribution is -0.384. The van der Waals surface area contributed by atoms with Crippen LogP contribution in [0.5, 0.6) is 5.75 Å². The van der Waals surface area contributed by atoms with E-state index in [0.29, 0.717) is 5.75 Å². The Labute approximate surface area is 154 Å². The Balaban J connectivity index is 2.48. The monoisotopic (exact) mass is 399 g/mol. The SMILES string of the molecule is COc1ccc(NC(C)=O)c(NS(=O)(=O)c2ccc(Cl)c([N+](=O)[O-])c2)c1. The molecule has 0 fully saturated rings. The van der Waals surface area contributed by atoms with Crippen LogP contribution >= 0.6 is 11.6 Å². The standard InChI is InChI=1S/C15H14ClN3O6S/c1-9(20)17-13-6-3-10(25-2)7-14(13)18-26(23,24)11-4-5-12(16)15(8-11)19(21)22/h3-8,18H,1-2H3,(H,17,20). The second kappa shape index (κ2) is 7.58. The van der Waals surface area contributed by atoms with Crippen molar-refractivity contribution in [3.05, 3.63) is 51.5 Å². The number of carbonyl (C=O) groups is 1. The fraction of sp³-hybridized carbons (Fsp3) is 0.133. The van der Waals surface area contributed by atoms with Crippen LogP contribution in [0.4, 0.5) is 17.1 Å². The Morgan fingerprint density at radius 2 is 1.88 bits per heavy atom. The Morgan fingerprint density at radius 3 is 2.46 bits per heavy atom. The van der Waals surface area contributed by atoms with E-state index in [1.165, 1.54) is 32.2 Å². The predicted molar refractivity (Wildman–Crippen MR) is 96.2 cm³/mol. The van der Waals surface area contributed by atoms with Gasteiger partial charge in [-0.3, -0.25) is 19.6 Å². The molecule has 2 N–H and O–H groups in total. The largest absolute Gasteiger partial charge is 0.497 e. The molecule has 9 nitrogen and oxygen atoms in total. The maximum Gasteiger partial charge on any atom is 0.289 e. The highest BCUT2D eigenvalue weighted by Gasteiger charge is 2.22. The molecule has 0 heterocycles. The maximum atomic E-state index is 12.6. The number of halogens is 1. The fourth-order valence-electron chi connectivity index (χ4n) is 2.04. The zero-order valence-corrected chi connectivity index (χ0v) is 15.2. The number of ether oxygens (including phenoxy) is 1. The number of anilines is 2. The summed E-state index contributed by atoms with van der Waals surface area (Å²) in [7, 11) is -2.79. The summed E-state index contributed by atoms with van der Waals surface area (Å²) in [5.41, 5.74) is -0.301. The van der Waals surface area contributed by atoms with Crippen molar-refractivity contribution in [3.8, 4) is 5.75 Å². The molecule has 2 aromatic rings. The van der Waals surface area contributed by atoms with Crippen LogP contribution in [-0.2, 0) is 14.8 Å². The van der Waals surface area contributed by atoms with Crippen LogP contribution in [0.15, 0.2) is 41.3 Å². The first-order chi connectivity index (χ1) is 12.1. The zero-order valence-electron chi connectivity index (χ0n) is 13.6. The van der Waals surface area contributed by atoms with Gasteiger partial charge in [0.25, 0.3) is 15.7 Å². The van der Waals surface area contributed by atoms with Gasteiger partial charge in [-0.05, 0) is 24.3 Å². The minimum Gasteiger partial charge on any atom is -0.497 e. The van der Waals surface area contributed by atoms with E-state index < -0.39 is 26.5 Å². The third-order valence-corrected chi connectivity index (χ3v) is 4.89. The average molecular weight is 400 g/mol. The Hall–Kier alpha value is -2.85. The first kappa shape index (κ1) is 19.5. The van der Waals surface area contributed by atoms with E-state index in [-0.39, 0.29) is 21.3 Å². The molecule has 0 aliphatic carbocycles. The van der Waals surface area contributed by atoms with Gasteiger partial charge in [-0.1, -0.05) is 11.6 Å². The molecule has 0 saturated heterocycles. The number of nitro benzene ring substituents is 1.